The maximum Gasteiger partial charge on any atom is 0.118 e. The number of imidazole rings is 1. The molecule has 0 aliphatic heterocycles. The molecule has 0 aliphatic carbocycles. The molecule has 2 rings (SSSR count). The predicted octanol–water partition coefficient (Wildman–Crippen LogP) is 1.89. The van der Waals surface area contributed by atoms with Crippen LogP contribution < -0.4 is 0 Å². The Morgan fingerprint density at radius 3 is 2.85 bits per heavy atom. The Kier molecular flexibility index (Phi) is 1.77. The molecule has 3 heteroatoms. The van der Waals surface area contributed by atoms with Crippen molar-refractivity contribution >= 4 is 0 Å². The lowest BCUT2D eigenvalue weighted by atomic mass is 10.2. The third-order valence-corrected chi connectivity index (χ3v) is 1.98. The monoisotopic (exact) mass is 174 g/mol. The smallest absolute Gasteiger partial charge is 0.118 e. The zero-order valence-electron chi connectivity index (χ0n) is 7.31. The summed E-state index contributed by atoms with van der Waals surface area (Å²) in [4.78, 5) is 3.95. The van der Waals surface area contributed by atoms with Crippen molar-refractivity contribution in [1.82, 2.24) is 9.55 Å². The van der Waals surface area contributed by atoms with E-state index < -0.39 is 0 Å². The largest absolute Gasteiger partial charge is 0.508 e. The summed E-state index contributed by atoms with van der Waals surface area (Å²) in [5, 5.41) is 9.32. The Bertz CT molecular complexity index is 407. The van der Waals surface area contributed by atoms with E-state index >= 15 is 0 Å². The summed E-state index contributed by atoms with van der Waals surface area (Å²) in [7, 11) is 0. The van der Waals surface area contributed by atoms with Gasteiger partial charge in [-0.1, -0.05) is 0 Å². The van der Waals surface area contributed by atoms with Gasteiger partial charge in [-0.3, -0.25) is 0 Å². The third kappa shape index (κ3) is 1.40. The first kappa shape index (κ1) is 7.86. The lowest BCUT2D eigenvalue weighted by molar-refractivity contribution is 0.471. The lowest BCUT2D eigenvalue weighted by Crippen LogP contribution is -1.89. The van der Waals surface area contributed by atoms with Gasteiger partial charge >= 0.3 is 0 Å². The molecule has 0 spiro atoms. The number of phenols is 1. The van der Waals surface area contributed by atoms with E-state index in [1.165, 1.54) is 0 Å². The summed E-state index contributed by atoms with van der Waals surface area (Å²) < 4.78 is 1.90. The van der Waals surface area contributed by atoms with Crippen molar-refractivity contribution in [3.05, 3.63) is 42.5 Å². The van der Waals surface area contributed by atoms with Crippen LogP contribution in [0.2, 0.25) is 0 Å². The van der Waals surface area contributed by atoms with Crippen molar-refractivity contribution in [2.24, 2.45) is 0 Å². The highest BCUT2D eigenvalue weighted by atomic mass is 16.3. The summed E-state index contributed by atoms with van der Waals surface area (Å²) in [6, 6.07) is 5.45. The average molecular weight is 174 g/mol. The Hall–Kier alpha value is -1.77. The second-order valence-electron chi connectivity index (χ2n) is 2.94. The summed E-state index contributed by atoms with van der Waals surface area (Å²) in [6.07, 6.45) is 5.32. The van der Waals surface area contributed by atoms with Crippen molar-refractivity contribution in [2.45, 2.75) is 6.92 Å². The molecule has 1 N–H and O–H groups in total. The number of hydrogen-bond acceptors (Lipinski definition) is 2. The number of phenolic OH excluding ortho intramolecular Hbond substituents is 1. The Morgan fingerprint density at radius 2 is 2.23 bits per heavy atom. The first-order valence-corrected chi connectivity index (χ1v) is 4.05. The van der Waals surface area contributed by atoms with Gasteiger partial charge in [0, 0.05) is 18.1 Å². The molecule has 0 aliphatic rings. The summed E-state index contributed by atoms with van der Waals surface area (Å²) in [5.41, 5.74) is 1.87. The minimum atomic E-state index is 0.323. The van der Waals surface area contributed by atoms with Crippen LogP contribution in [0.25, 0.3) is 5.69 Å². The zero-order valence-corrected chi connectivity index (χ0v) is 7.31. The molecule has 0 fully saturated rings. The molecule has 0 bridgehead atoms. The molecular formula is C10H10N2O. The maximum absolute atomic E-state index is 9.32. The van der Waals surface area contributed by atoms with E-state index in [1.807, 2.05) is 29.8 Å². The van der Waals surface area contributed by atoms with E-state index in [2.05, 4.69) is 4.98 Å². The highest BCUT2D eigenvalue weighted by Gasteiger charge is 1.98. The van der Waals surface area contributed by atoms with Crippen LogP contribution in [-0.4, -0.2) is 14.7 Å². The average Bonchev–Trinajstić information content (AvgIpc) is 2.62. The van der Waals surface area contributed by atoms with Crippen molar-refractivity contribution in [3.63, 3.8) is 0 Å². The third-order valence-electron chi connectivity index (χ3n) is 1.98. The number of rotatable bonds is 1. The lowest BCUT2D eigenvalue weighted by Gasteiger charge is -2.04. The summed E-state index contributed by atoms with van der Waals surface area (Å²) in [6.45, 7) is 1.87. The van der Waals surface area contributed by atoms with E-state index in [4.69, 9.17) is 0 Å². The molecule has 13 heavy (non-hydrogen) atoms. The maximum atomic E-state index is 9.32. The Labute approximate surface area is 76.3 Å². The molecule has 0 radical (unpaired) electrons. The van der Waals surface area contributed by atoms with E-state index in [0.29, 0.717) is 5.75 Å². The van der Waals surface area contributed by atoms with Crippen molar-refractivity contribution < 1.29 is 5.11 Å². The minimum Gasteiger partial charge on any atom is -0.508 e. The van der Waals surface area contributed by atoms with Gasteiger partial charge in [0.25, 0.3) is 0 Å². The van der Waals surface area contributed by atoms with Crippen LogP contribution in [-0.2, 0) is 0 Å². The molecule has 66 valence electrons. The van der Waals surface area contributed by atoms with E-state index in [9.17, 15) is 5.11 Å². The number of aromatic nitrogens is 2. The molecule has 0 saturated carbocycles. The fraction of sp³-hybridized carbons (Fsp3) is 0.100. The topological polar surface area (TPSA) is 38.0 Å². The van der Waals surface area contributed by atoms with E-state index in [1.54, 1.807) is 18.6 Å². The molecule has 2 aromatic rings. The van der Waals surface area contributed by atoms with Crippen LogP contribution in [0.3, 0.4) is 0 Å². The standard InChI is InChI=1S/C10H10N2O/c1-8-6-9(2-3-10(8)13)12-5-4-11-7-12/h2-7,13H,1H3. The predicted molar refractivity (Wildman–Crippen MR) is 50.0 cm³/mol. The fourth-order valence-corrected chi connectivity index (χ4v) is 1.21. The number of aryl methyl sites for hydroxylation is 1. The van der Waals surface area contributed by atoms with Crippen molar-refractivity contribution in [2.75, 3.05) is 0 Å². The summed E-state index contributed by atoms with van der Waals surface area (Å²) >= 11 is 0. The Morgan fingerprint density at radius 1 is 1.38 bits per heavy atom. The summed E-state index contributed by atoms with van der Waals surface area (Å²) in [5.74, 6) is 0.323. The molecule has 0 atom stereocenters. The van der Waals surface area contributed by atoms with Crippen molar-refractivity contribution in [3.8, 4) is 11.4 Å². The fourth-order valence-electron chi connectivity index (χ4n) is 1.21. The van der Waals surface area contributed by atoms with Gasteiger partial charge in [-0.05, 0) is 30.7 Å². The van der Waals surface area contributed by atoms with Crippen LogP contribution >= 0.6 is 0 Å². The highest BCUT2D eigenvalue weighted by Crippen LogP contribution is 2.18. The number of hydrogen-bond donors (Lipinski definition) is 1. The van der Waals surface area contributed by atoms with Gasteiger partial charge in [0.15, 0.2) is 0 Å². The van der Waals surface area contributed by atoms with Gasteiger partial charge in [0.2, 0.25) is 0 Å². The van der Waals surface area contributed by atoms with Crippen LogP contribution in [0.1, 0.15) is 5.56 Å². The molecule has 1 heterocycles. The minimum absolute atomic E-state index is 0.323. The Balaban J connectivity index is 2.49. The molecule has 0 saturated heterocycles. The zero-order chi connectivity index (χ0) is 9.26. The first-order valence-electron chi connectivity index (χ1n) is 4.05. The van der Waals surface area contributed by atoms with Gasteiger partial charge in [0.05, 0.1) is 6.33 Å². The normalized spacial score (nSPS) is 10.2. The second-order valence-corrected chi connectivity index (χ2v) is 2.94. The molecule has 3 nitrogen and oxygen atoms in total. The quantitative estimate of drug-likeness (QED) is 0.716. The molecular weight excluding hydrogens is 164 g/mol. The van der Waals surface area contributed by atoms with Crippen molar-refractivity contribution in [1.29, 1.82) is 0 Å². The van der Waals surface area contributed by atoms with E-state index in [-0.39, 0.29) is 0 Å². The van der Waals surface area contributed by atoms with Gasteiger partial charge in [-0.25, -0.2) is 4.98 Å². The van der Waals surface area contributed by atoms with Gasteiger partial charge in [0.1, 0.15) is 5.75 Å². The number of aromatic hydroxyl groups is 1. The van der Waals surface area contributed by atoms with Crippen LogP contribution in [0, 0.1) is 6.92 Å². The van der Waals surface area contributed by atoms with Crippen LogP contribution in [0.5, 0.6) is 5.75 Å². The number of benzene rings is 1. The van der Waals surface area contributed by atoms with E-state index in [0.717, 1.165) is 11.3 Å². The second kappa shape index (κ2) is 2.94. The molecule has 1 aromatic heterocycles. The van der Waals surface area contributed by atoms with Gasteiger partial charge < -0.3 is 9.67 Å². The molecule has 1 aromatic carbocycles. The van der Waals surface area contributed by atoms with Gasteiger partial charge in [-0.2, -0.15) is 0 Å². The SMILES string of the molecule is Cc1cc(-n2ccnc2)ccc1O. The van der Waals surface area contributed by atoms with Gasteiger partial charge in [-0.15, -0.1) is 0 Å². The molecule has 0 amide bonds. The van der Waals surface area contributed by atoms with Crippen LogP contribution in [0.4, 0.5) is 0 Å². The number of nitrogens with zero attached hydrogens (tertiary/aromatic N) is 2. The first-order chi connectivity index (χ1) is 6.27. The van der Waals surface area contributed by atoms with Crippen LogP contribution in [0.15, 0.2) is 36.9 Å². The highest BCUT2D eigenvalue weighted by molar-refractivity contribution is 5.42. The molecule has 0 unspecified atom stereocenters.